The van der Waals surface area contributed by atoms with E-state index in [2.05, 4.69) is 5.32 Å². The van der Waals surface area contributed by atoms with Crippen LogP contribution in [0.5, 0.6) is 0 Å². The zero-order valence-corrected chi connectivity index (χ0v) is 16.7. The number of benzene rings is 1. The van der Waals surface area contributed by atoms with Crippen molar-refractivity contribution in [3.05, 3.63) is 70.3 Å². The van der Waals surface area contributed by atoms with E-state index in [-0.39, 0.29) is 17.7 Å². The van der Waals surface area contributed by atoms with Gasteiger partial charge >= 0.3 is 0 Å². The fraction of sp³-hybridized carbons (Fsp3) is 0.286. The molecule has 1 amide bonds. The molecule has 1 fully saturated rings. The van der Waals surface area contributed by atoms with Crippen LogP contribution in [0.3, 0.4) is 0 Å². The molecule has 5 nitrogen and oxygen atoms in total. The Balaban J connectivity index is 1.46. The number of likely N-dealkylation sites (tertiary alicyclic amines) is 1. The molecule has 0 unspecified atom stereocenters. The van der Waals surface area contributed by atoms with Gasteiger partial charge in [-0.15, -0.1) is 0 Å². The topological polar surface area (TPSA) is 59.8 Å². The molecule has 7 heteroatoms. The SMILES string of the molecule is O=C(NC[C@@H](c1ccco1)[NH+]1CCCC1)c1ccc(-c2cccc(Cl)c2Cl)o1. The minimum Gasteiger partial charge on any atom is -0.463 e. The molecule has 3 aromatic rings. The number of hydrogen-bond donors (Lipinski definition) is 2. The molecule has 4 rings (SSSR count). The van der Waals surface area contributed by atoms with E-state index in [0.29, 0.717) is 27.9 Å². The molecule has 1 saturated heterocycles. The highest BCUT2D eigenvalue weighted by molar-refractivity contribution is 6.43. The predicted octanol–water partition coefficient (Wildman–Crippen LogP) is 4.00. The van der Waals surface area contributed by atoms with Crippen LogP contribution in [-0.2, 0) is 0 Å². The van der Waals surface area contributed by atoms with Crippen LogP contribution in [0, 0.1) is 0 Å². The van der Waals surface area contributed by atoms with Crippen LogP contribution < -0.4 is 10.2 Å². The number of rotatable bonds is 6. The van der Waals surface area contributed by atoms with Crippen LogP contribution in [0.2, 0.25) is 10.0 Å². The van der Waals surface area contributed by atoms with Gasteiger partial charge in [0.1, 0.15) is 5.76 Å². The van der Waals surface area contributed by atoms with Gasteiger partial charge in [-0.05, 0) is 36.4 Å². The van der Waals surface area contributed by atoms with Gasteiger partial charge in [-0.25, -0.2) is 0 Å². The second kappa shape index (κ2) is 8.43. The standard InChI is InChI=1S/C21H20Cl2N2O3/c22-15-6-3-5-14(20(15)23)17-8-9-19(28-17)21(26)24-13-16(18-7-4-12-27-18)25-10-1-2-11-25/h3-9,12,16H,1-2,10-11,13H2,(H,24,26)/p+1/t16-/m0/s1. The normalized spacial score (nSPS) is 15.6. The zero-order valence-electron chi connectivity index (χ0n) is 15.2. The maximum atomic E-state index is 12.6. The van der Waals surface area contributed by atoms with Crippen LogP contribution >= 0.6 is 23.2 Å². The Bertz CT molecular complexity index is 946. The number of nitrogens with one attached hydrogen (secondary N) is 2. The maximum Gasteiger partial charge on any atom is 0.287 e. The minimum atomic E-state index is -0.264. The van der Waals surface area contributed by atoms with E-state index in [1.54, 1.807) is 36.6 Å². The monoisotopic (exact) mass is 419 g/mol. The summed E-state index contributed by atoms with van der Waals surface area (Å²) in [5.41, 5.74) is 0.656. The first-order valence-corrected chi connectivity index (χ1v) is 10.1. The van der Waals surface area contributed by atoms with Crippen molar-refractivity contribution in [1.82, 2.24) is 5.32 Å². The van der Waals surface area contributed by atoms with Crippen molar-refractivity contribution < 1.29 is 18.5 Å². The molecule has 0 aliphatic carbocycles. The molecule has 0 saturated carbocycles. The average Bonchev–Trinajstić information content (AvgIpc) is 3.47. The van der Waals surface area contributed by atoms with Crippen LogP contribution in [0.1, 0.15) is 35.2 Å². The van der Waals surface area contributed by atoms with Crippen LogP contribution in [0.25, 0.3) is 11.3 Å². The molecule has 28 heavy (non-hydrogen) atoms. The summed E-state index contributed by atoms with van der Waals surface area (Å²) in [6.45, 7) is 2.65. The van der Waals surface area contributed by atoms with Gasteiger partial charge in [0, 0.05) is 18.4 Å². The molecule has 1 aliphatic rings. The largest absolute Gasteiger partial charge is 0.463 e. The second-order valence-electron chi connectivity index (χ2n) is 6.91. The van der Waals surface area contributed by atoms with E-state index in [0.717, 1.165) is 18.8 Å². The lowest BCUT2D eigenvalue weighted by Crippen LogP contribution is -3.11. The number of hydrogen-bond acceptors (Lipinski definition) is 3. The molecule has 0 radical (unpaired) electrons. The van der Waals surface area contributed by atoms with E-state index in [1.807, 2.05) is 12.1 Å². The van der Waals surface area contributed by atoms with E-state index < -0.39 is 0 Å². The highest BCUT2D eigenvalue weighted by Gasteiger charge is 2.30. The number of carbonyl (C=O) groups excluding carboxylic acids is 1. The maximum absolute atomic E-state index is 12.6. The summed E-state index contributed by atoms with van der Waals surface area (Å²) in [6, 6.07) is 12.6. The summed E-state index contributed by atoms with van der Waals surface area (Å²) in [7, 11) is 0. The van der Waals surface area contributed by atoms with Gasteiger partial charge in [0.25, 0.3) is 5.91 Å². The van der Waals surface area contributed by atoms with Crippen LogP contribution in [0.15, 0.2) is 57.6 Å². The minimum absolute atomic E-state index is 0.0956. The third kappa shape index (κ3) is 3.97. The van der Waals surface area contributed by atoms with Crippen molar-refractivity contribution in [2.75, 3.05) is 19.6 Å². The lowest BCUT2D eigenvalue weighted by atomic mass is 10.2. The molecule has 1 aromatic carbocycles. The Morgan fingerprint density at radius 2 is 1.93 bits per heavy atom. The lowest BCUT2D eigenvalue weighted by molar-refractivity contribution is -0.919. The highest BCUT2D eigenvalue weighted by atomic mass is 35.5. The first-order chi connectivity index (χ1) is 13.6. The summed E-state index contributed by atoms with van der Waals surface area (Å²) in [5, 5.41) is 3.83. The third-order valence-electron chi connectivity index (χ3n) is 5.14. The number of halogens is 2. The predicted molar refractivity (Wildman–Crippen MR) is 108 cm³/mol. The smallest absolute Gasteiger partial charge is 0.287 e. The molecular formula is C21H21Cl2N2O3+. The molecular weight excluding hydrogens is 399 g/mol. The Hall–Kier alpha value is -2.21. The fourth-order valence-corrected chi connectivity index (χ4v) is 4.09. The zero-order chi connectivity index (χ0) is 19.5. The van der Waals surface area contributed by atoms with Gasteiger partial charge in [0.15, 0.2) is 17.6 Å². The van der Waals surface area contributed by atoms with Gasteiger partial charge in [-0.3, -0.25) is 4.79 Å². The average molecular weight is 420 g/mol. The van der Waals surface area contributed by atoms with Crippen LogP contribution in [-0.4, -0.2) is 25.5 Å². The van der Waals surface area contributed by atoms with E-state index in [4.69, 9.17) is 32.0 Å². The lowest BCUT2D eigenvalue weighted by Gasteiger charge is -2.22. The number of quaternary nitrogens is 1. The van der Waals surface area contributed by atoms with Crippen molar-refractivity contribution in [2.45, 2.75) is 18.9 Å². The number of carbonyl (C=O) groups is 1. The summed E-state index contributed by atoms with van der Waals surface area (Å²) >= 11 is 12.3. The molecule has 0 spiro atoms. The summed E-state index contributed by atoms with van der Waals surface area (Å²) < 4.78 is 11.3. The molecule has 2 N–H and O–H groups in total. The van der Waals surface area contributed by atoms with Gasteiger partial charge in [-0.2, -0.15) is 0 Å². The molecule has 0 bridgehead atoms. The van der Waals surface area contributed by atoms with E-state index >= 15 is 0 Å². The van der Waals surface area contributed by atoms with Crippen molar-refractivity contribution in [2.24, 2.45) is 0 Å². The number of furan rings is 2. The van der Waals surface area contributed by atoms with Gasteiger partial charge in [0.2, 0.25) is 0 Å². The fourth-order valence-electron chi connectivity index (χ4n) is 3.69. The summed E-state index contributed by atoms with van der Waals surface area (Å²) in [6.07, 6.45) is 4.07. The highest BCUT2D eigenvalue weighted by Crippen LogP contribution is 2.34. The molecule has 2 aromatic heterocycles. The Labute approximate surface area is 173 Å². The van der Waals surface area contributed by atoms with Gasteiger partial charge in [-0.1, -0.05) is 29.3 Å². The van der Waals surface area contributed by atoms with Crippen LogP contribution in [0.4, 0.5) is 0 Å². The molecule has 3 heterocycles. The third-order valence-corrected chi connectivity index (χ3v) is 5.96. The molecule has 1 aliphatic heterocycles. The molecule has 1 atom stereocenters. The Morgan fingerprint density at radius 3 is 2.68 bits per heavy atom. The van der Waals surface area contributed by atoms with Gasteiger partial charge < -0.3 is 19.1 Å². The Morgan fingerprint density at radius 1 is 1.11 bits per heavy atom. The number of amides is 1. The van der Waals surface area contributed by atoms with Crippen molar-refractivity contribution in [3.8, 4) is 11.3 Å². The Kier molecular flexibility index (Phi) is 5.76. The second-order valence-corrected chi connectivity index (χ2v) is 7.69. The first-order valence-electron chi connectivity index (χ1n) is 9.34. The quantitative estimate of drug-likeness (QED) is 0.634. The van der Waals surface area contributed by atoms with Crippen molar-refractivity contribution in [3.63, 3.8) is 0 Å². The first kappa shape index (κ1) is 19.1. The molecule has 146 valence electrons. The van der Waals surface area contributed by atoms with E-state index in [1.165, 1.54) is 17.7 Å². The summed E-state index contributed by atoms with van der Waals surface area (Å²) in [5.74, 6) is 1.37. The van der Waals surface area contributed by atoms with Crippen molar-refractivity contribution in [1.29, 1.82) is 0 Å². The van der Waals surface area contributed by atoms with Gasteiger partial charge in [0.05, 0.1) is 35.9 Å². The van der Waals surface area contributed by atoms with E-state index in [9.17, 15) is 4.79 Å². The summed E-state index contributed by atoms with van der Waals surface area (Å²) in [4.78, 5) is 14.1. The van der Waals surface area contributed by atoms with Crippen molar-refractivity contribution >= 4 is 29.1 Å².